The number of nitrogens with one attached hydrogen (secondary N) is 1. The van der Waals surface area contributed by atoms with E-state index in [1.165, 1.54) is 18.9 Å². The Hall–Kier alpha value is -0.420. The van der Waals surface area contributed by atoms with E-state index in [2.05, 4.69) is 27.5 Å². The molecule has 2 rings (SSSR count). The molecule has 0 bridgehead atoms. The summed E-state index contributed by atoms with van der Waals surface area (Å²) in [5, 5.41) is 3.29. The minimum absolute atomic E-state index is 0.325. The predicted octanol–water partition coefficient (Wildman–Crippen LogP) is 3.48. The SMILES string of the molecule is CSC1(CNc2cc(Br)c(F)cc2N)CC1. The lowest BCUT2D eigenvalue weighted by Crippen LogP contribution is -2.18. The van der Waals surface area contributed by atoms with Crippen LogP contribution in [-0.4, -0.2) is 17.5 Å². The van der Waals surface area contributed by atoms with E-state index >= 15 is 0 Å². The van der Waals surface area contributed by atoms with Crippen LogP contribution in [0, 0.1) is 5.82 Å². The summed E-state index contributed by atoms with van der Waals surface area (Å²) in [4.78, 5) is 0. The van der Waals surface area contributed by atoms with Gasteiger partial charge in [0.1, 0.15) is 5.82 Å². The molecule has 1 aliphatic rings. The molecule has 88 valence electrons. The Kier molecular flexibility index (Phi) is 3.35. The number of hydrogen-bond acceptors (Lipinski definition) is 3. The van der Waals surface area contributed by atoms with Gasteiger partial charge in [-0.05, 0) is 41.1 Å². The standard InChI is InChI=1S/C11H14BrFN2S/c1-16-11(2-3-11)6-15-10-4-7(12)8(13)5-9(10)14/h4-5,15H,2-3,6,14H2,1H3. The number of anilines is 2. The molecular formula is C11H14BrFN2S. The first-order chi connectivity index (χ1) is 7.56. The van der Waals surface area contributed by atoms with E-state index in [1.807, 2.05) is 11.8 Å². The highest BCUT2D eigenvalue weighted by molar-refractivity contribution is 9.10. The van der Waals surface area contributed by atoms with E-state index < -0.39 is 0 Å². The van der Waals surface area contributed by atoms with Gasteiger partial charge in [0.15, 0.2) is 0 Å². The highest BCUT2D eigenvalue weighted by atomic mass is 79.9. The first-order valence-electron chi connectivity index (χ1n) is 5.10. The predicted molar refractivity (Wildman–Crippen MR) is 72.5 cm³/mol. The van der Waals surface area contributed by atoms with Crippen LogP contribution < -0.4 is 11.1 Å². The van der Waals surface area contributed by atoms with Crippen molar-refractivity contribution >= 4 is 39.1 Å². The molecule has 3 N–H and O–H groups in total. The maximum atomic E-state index is 13.2. The molecular weight excluding hydrogens is 291 g/mol. The van der Waals surface area contributed by atoms with Crippen LogP contribution in [0.15, 0.2) is 16.6 Å². The number of benzene rings is 1. The Morgan fingerprint density at radius 1 is 1.56 bits per heavy atom. The molecule has 16 heavy (non-hydrogen) atoms. The Morgan fingerprint density at radius 3 is 2.81 bits per heavy atom. The summed E-state index contributed by atoms with van der Waals surface area (Å²) in [6, 6.07) is 3.03. The Labute approximate surface area is 107 Å². The van der Waals surface area contributed by atoms with Crippen molar-refractivity contribution in [2.75, 3.05) is 23.9 Å². The lowest BCUT2D eigenvalue weighted by atomic mass is 10.2. The van der Waals surface area contributed by atoms with Crippen molar-refractivity contribution in [3.8, 4) is 0 Å². The van der Waals surface area contributed by atoms with Crippen LogP contribution in [0.25, 0.3) is 0 Å². The van der Waals surface area contributed by atoms with Crippen LogP contribution in [0.5, 0.6) is 0 Å². The third-order valence-electron chi connectivity index (χ3n) is 2.93. The van der Waals surface area contributed by atoms with Gasteiger partial charge in [-0.25, -0.2) is 4.39 Å². The van der Waals surface area contributed by atoms with Gasteiger partial charge in [0, 0.05) is 17.4 Å². The second-order valence-corrected chi connectivity index (χ2v) is 6.22. The van der Waals surface area contributed by atoms with Crippen molar-refractivity contribution in [2.45, 2.75) is 17.6 Å². The van der Waals surface area contributed by atoms with Crippen LogP contribution in [0.3, 0.4) is 0 Å². The van der Waals surface area contributed by atoms with Crippen molar-refractivity contribution in [2.24, 2.45) is 0 Å². The molecule has 1 aromatic carbocycles. The second kappa shape index (κ2) is 4.45. The molecule has 1 fully saturated rings. The average Bonchev–Trinajstić information content (AvgIpc) is 3.02. The van der Waals surface area contributed by atoms with E-state index in [1.54, 1.807) is 6.07 Å². The molecule has 0 amide bonds. The fourth-order valence-corrected chi connectivity index (χ4v) is 2.63. The summed E-state index contributed by atoms with van der Waals surface area (Å²) in [5.74, 6) is -0.325. The van der Waals surface area contributed by atoms with E-state index in [0.29, 0.717) is 14.9 Å². The third kappa shape index (κ3) is 2.46. The molecule has 0 unspecified atom stereocenters. The van der Waals surface area contributed by atoms with E-state index in [4.69, 9.17) is 5.73 Å². The molecule has 5 heteroatoms. The van der Waals surface area contributed by atoms with Gasteiger partial charge >= 0.3 is 0 Å². The van der Waals surface area contributed by atoms with Crippen molar-refractivity contribution in [3.05, 3.63) is 22.4 Å². The van der Waals surface area contributed by atoms with Gasteiger partial charge in [-0.15, -0.1) is 0 Å². The van der Waals surface area contributed by atoms with Gasteiger partial charge in [-0.3, -0.25) is 0 Å². The molecule has 0 spiro atoms. The highest BCUT2D eigenvalue weighted by Crippen LogP contribution is 2.47. The summed E-state index contributed by atoms with van der Waals surface area (Å²) in [5.41, 5.74) is 7.01. The lowest BCUT2D eigenvalue weighted by Gasteiger charge is -2.16. The molecule has 0 aromatic heterocycles. The Balaban J connectivity index is 2.07. The summed E-state index contributed by atoms with van der Waals surface area (Å²) in [6.45, 7) is 0.885. The summed E-state index contributed by atoms with van der Waals surface area (Å²) in [6.07, 6.45) is 4.60. The molecule has 0 aliphatic heterocycles. The summed E-state index contributed by atoms with van der Waals surface area (Å²) < 4.78 is 14.0. The zero-order chi connectivity index (χ0) is 11.8. The zero-order valence-corrected chi connectivity index (χ0v) is 11.4. The largest absolute Gasteiger partial charge is 0.397 e. The molecule has 0 radical (unpaired) electrons. The number of halogens is 2. The maximum absolute atomic E-state index is 13.2. The number of hydrogen-bond donors (Lipinski definition) is 2. The third-order valence-corrected chi connectivity index (χ3v) is 4.96. The first kappa shape index (κ1) is 12.0. The number of thioether (sulfide) groups is 1. The quantitative estimate of drug-likeness (QED) is 0.837. The fourth-order valence-electron chi connectivity index (χ4n) is 1.56. The van der Waals surface area contributed by atoms with Gasteiger partial charge in [0.2, 0.25) is 0 Å². The molecule has 2 nitrogen and oxygen atoms in total. The topological polar surface area (TPSA) is 38.0 Å². The van der Waals surface area contributed by atoms with Crippen LogP contribution in [0.1, 0.15) is 12.8 Å². The van der Waals surface area contributed by atoms with Crippen LogP contribution in [-0.2, 0) is 0 Å². The highest BCUT2D eigenvalue weighted by Gasteiger charge is 2.41. The number of nitrogen functional groups attached to an aromatic ring is 1. The van der Waals surface area contributed by atoms with Crippen LogP contribution in [0.4, 0.5) is 15.8 Å². The van der Waals surface area contributed by atoms with Crippen molar-refractivity contribution in [3.63, 3.8) is 0 Å². The number of rotatable bonds is 4. The van der Waals surface area contributed by atoms with Gasteiger partial charge < -0.3 is 11.1 Å². The zero-order valence-electron chi connectivity index (χ0n) is 9.02. The summed E-state index contributed by atoms with van der Waals surface area (Å²) in [7, 11) is 0. The normalized spacial score (nSPS) is 17.2. The lowest BCUT2D eigenvalue weighted by molar-refractivity contribution is 0.622. The minimum atomic E-state index is -0.325. The van der Waals surface area contributed by atoms with Crippen molar-refractivity contribution in [1.82, 2.24) is 0 Å². The van der Waals surface area contributed by atoms with Crippen LogP contribution >= 0.6 is 27.7 Å². The molecule has 0 atom stereocenters. The molecule has 1 aromatic rings. The first-order valence-corrected chi connectivity index (χ1v) is 7.12. The average molecular weight is 305 g/mol. The Bertz CT molecular complexity index is 407. The van der Waals surface area contributed by atoms with Gasteiger partial charge in [-0.1, -0.05) is 0 Å². The van der Waals surface area contributed by atoms with Crippen LogP contribution in [0.2, 0.25) is 0 Å². The van der Waals surface area contributed by atoms with Crippen molar-refractivity contribution < 1.29 is 4.39 Å². The summed E-state index contributed by atoms with van der Waals surface area (Å²) >= 11 is 5.04. The van der Waals surface area contributed by atoms with Gasteiger partial charge in [0.05, 0.1) is 15.8 Å². The Morgan fingerprint density at radius 2 is 2.25 bits per heavy atom. The smallest absolute Gasteiger partial charge is 0.139 e. The van der Waals surface area contributed by atoms with E-state index in [0.717, 1.165) is 12.2 Å². The van der Waals surface area contributed by atoms with Crippen molar-refractivity contribution in [1.29, 1.82) is 0 Å². The molecule has 0 saturated heterocycles. The van der Waals surface area contributed by atoms with E-state index in [-0.39, 0.29) is 5.82 Å². The number of nitrogens with two attached hydrogens (primary N) is 1. The minimum Gasteiger partial charge on any atom is -0.397 e. The molecule has 0 heterocycles. The van der Waals surface area contributed by atoms with E-state index in [9.17, 15) is 4.39 Å². The fraction of sp³-hybridized carbons (Fsp3) is 0.455. The monoisotopic (exact) mass is 304 g/mol. The molecule has 1 saturated carbocycles. The molecule has 1 aliphatic carbocycles. The second-order valence-electron chi connectivity index (χ2n) is 4.09. The van der Waals surface area contributed by atoms with Gasteiger partial charge in [-0.2, -0.15) is 11.8 Å². The van der Waals surface area contributed by atoms with Gasteiger partial charge in [0.25, 0.3) is 0 Å². The maximum Gasteiger partial charge on any atom is 0.139 e.